The van der Waals surface area contributed by atoms with E-state index in [-0.39, 0.29) is 43.6 Å². The van der Waals surface area contributed by atoms with Crippen LogP contribution in [0.25, 0.3) is 0 Å². The molecule has 0 bridgehead atoms. The van der Waals surface area contributed by atoms with Crippen molar-refractivity contribution in [1.82, 2.24) is 10.2 Å². The third kappa shape index (κ3) is 7.55. The number of aryl methyl sites for hydroxylation is 2. The molecule has 0 saturated heterocycles. The van der Waals surface area contributed by atoms with E-state index in [9.17, 15) is 22.4 Å². The fraction of sp³-hybridized carbons (Fsp3) is 0.440. The largest absolute Gasteiger partial charge is 0.355 e. The molecule has 186 valence electrons. The Morgan fingerprint density at radius 1 is 1.06 bits per heavy atom. The van der Waals surface area contributed by atoms with Crippen LogP contribution in [0.4, 0.5) is 10.1 Å². The third-order valence-corrected chi connectivity index (χ3v) is 6.91. The zero-order valence-corrected chi connectivity index (χ0v) is 21.3. The highest BCUT2D eigenvalue weighted by molar-refractivity contribution is 7.92. The quantitative estimate of drug-likeness (QED) is 0.521. The summed E-state index contributed by atoms with van der Waals surface area (Å²) in [6, 6.07) is 10.5. The molecular formula is C25H34FN3O4S. The van der Waals surface area contributed by atoms with Crippen LogP contribution in [0.15, 0.2) is 42.5 Å². The van der Waals surface area contributed by atoms with Crippen molar-refractivity contribution in [2.24, 2.45) is 0 Å². The maximum atomic E-state index is 13.3. The van der Waals surface area contributed by atoms with Crippen LogP contribution in [-0.2, 0) is 26.2 Å². The fourth-order valence-corrected chi connectivity index (χ4v) is 4.53. The smallest absolute Gasteiger partial charge is 0.242 e. The van der Waals surface area contributed by atoms with Crippen molar-refractivity contribution in [2.75, 3.05) is 23.7 Å². The maximum Gasteiger partial charge on any atom is 0.242 e. The van der Waals surface area contributed by atoms with Crippen molar-refractivity contribution in [3.8, 4) is 0 Å². The first-order valence-electron chi connectivity index (χ1n) is 11.3. The second kappa shape index (κ2) is 12.0. The van der Waals surface area contributed by atoms with E-state index in [0.29, 0.717) is 17.8 Å². The van der Waals surface area contributed by atoms with Crippen LogP contribution in [-0.4, -0.2) is 50.5 Å². The lowest BCUT2D eigenvalue weighted by Crippen LogP contribution is -2.47. The Kier molecular flexibility index (Phi) is 9.61. The molecule has 2 rings (SSSR count). The van der Waals surface area contributed by atoms with Gasteiger partial charge >= 0.3 is 0 Å². The zero-order valence-electron chi connectivity index (χ0n) is 20.5. The number of amides is 2. The topological polar surface area (TPSA) is 86.8 Å². The molecule has 0 heterocycles. The normalized spacial score (nSPS) is 12.2. The maximum absolute atomic E-state index is 13.3. The number of carbonyl (C=O) groups excluding carboxylic acids is 2. The van der Waals surface area contributed by atoms with Crippen LogP contribution in [0, 0.1) is 19.7 Å². The summed E-state index contributed by atoms with van der Waals surface area (Å²) < 4.78 is 39.4. The lowest BCUT2D eigenvalue weighted by atomic mass is 10.1. The molecule has 0 aliphatic rings. The van der Waals surface area contributed by atoms with E-state index < -0.39 is 16.1 Å². The first-order valence-corrected chi connectivity index (χ1v) is 13.2. The highest BCUT2D eigenvalue weighted by atomic mass is 32.2. The first kappa shape index (κ1) is 27.3. The third-order valence-electron chi connectivity index (χ3n) is 5.72. The number of halogens is 1. The average molecular weight is 492 g/mol. The van der Waals surface area contributed by atoms with Crippen LogP contribution in [0.3, 0.4) is 0 Å². The molecule has 0 saturated carbocycles. The molecule has 1 atom stereocenters. The van der Waals surface area contributed by atoms with Gasteiger partial charge in [-0.2, -0.15) is 0 Å². The summed E-state index contributed by atoms with van der Waals surface area (Å²) in [6.07, 6.45) is 1.48. The fourth-order valence-electron chi connectivity index (χ4n) is 3.58. The number of benzene rings is 2. The number of carbonyl (C=O) groups is 2. The van der Waals surface area contributed by atoms with Gasteiger partial charge in [0.25, 0.3) is 0 Å². The molecule has 0 radical (unpaired) electrons. The zero-order chi connectivity index (χ0) is 25.5. The van der Waals surface area contributed by atoms with Crippen LogP contribution in [0.5, 0.6) is 0 Å². The standard InChI is InChI=1S/C25H34FN3O4S/c1-6-27-25(31)20(4)28(17-21-10-12-22(26)13-11-21)24(30)8-7-15-29(34(5,32)33)23-14-9-18(2)19(3)16-23/h9-14,16,20H,6-8,15,17H2,1-5H3,(H,27,31)/t20-/m0/s1. The second-order valence-corrected chi connectivity index (χ2v) is 10.3. The van der Waals surface area contributed by atoms with Gasteiger partial charge in [-0.3, -0.25) is 13.9 Å². The van der Waals surface area contributed by atoms with Crippen LogP contribution in [0.1, 0.15) is 43.4 Å². The van der Waals surface area contributed by atoms with Gasteiger partial charge in [-0.1, -0.05) is 18.2 Å². The Bertz CT molecular complexity index is 1100. The van der Waals surface area contributed by atoms with Gasteiger partial charge in [-0.15, -0.1) is 0 Å². The lowest BCUT2D eigenvalue weighted by molar-refractivity contribution is -0.140. The van der Waals surface area contributed by atoms with E-state index >= 15 is 0 Å². The molecule has 2 aromatic carbocycles. The van der Waals surface area contributed by atoms with Gasteiger partial charge in [0.2, 0.25) is 21.8 Å². The summed E-state index contributed by atoms with van der Waals surface area (Å²) in [5.41, 5.74) is 3.28. The Balaban J connectivity index is 2.16. The average Bonchev–Trinajstić information content (AvgIpc) is 2.77. The van der Waals surface area contributed by atoms with Gasteiger partial charge < -0.3 is 10.2 Å². The van der Waals surface area contributed by atoms with Crippen LogP contribution >= 0.6 is 0 Å². The number of sulfonamides is 1. The van der Waals surface area contributed by atoms with Gasteiger partial charge in [0, 0.05) is 26.1 Å². The first-order chi connectivity index (χ1) is 15.9. The number of nitrogens with zero attached hydrogens (tertiary/aromatic N) is 2. The predicted octanol–water partition coefficient (Wildman–Crippen LogP) is 3.54. The highest BCUT2D eigenvalue weighted by Gasteiger charge is 2.26. The summed E-state index contributed by atoms with van der Waals surface area (Å²) in [7, 11) is -3.55. The van der Waals surface area contributed by atoms with Gasteiger partial charge in [0.1, 0.15) is 11.9 Å². The number of hydrogen-bond acceptors (Lipinski definition) is 4. The van der Waals surface area contributed by atoms with Gasteiger partial charge in [-0.05, 0) is 75.1 Å². The van der Waals surface area contributed by atoms with E-state index in [4.69, 9.17) is 0 Å². The minimum atomic E-state index is -3.55. The predicted molar refractivity (Wildman–Crippen MR) is 132 cm³/mol. The Hall–Kier alpha value is -2.94. The van der Waals surface area contributed by atoms with Crippen molar-refractivity contribution >= 4 is 27.5 Å². The number of likely N-dealkylation sites (N-methyl/N-ethyl adjacent to an activating group) is 1. The van der Waals surface area contributed by atoms with E-state index in [2.05, 4.69) is 5.32 Å². The number of anilines is 1. The van der Waals surface area contributed by atoms with Gasteiger partial charge in [-0.25, -0.2) is 12.8 Å². The van der Waals surface area contributed by atoms with Gasteiger partial charge in [0.15, 0.2) is 0 Å². The molecule has 2 aromatic rings. The van der Waals surface area contributed by atoms with Crippen molar-refractivity contribution in [2.45, 2.75) is 53.1 Å². The molecule has 1 N–H and O–H groups in total. The number of hydrogen-bond donors (Lipinski definition) is 1. The highest BCUT2D eigenvalue weighted by Crippen LogP contribution is 2.22. The molecular weight excluding hydrogens is 457 g/mol. The van der Waals surface area contributed by atoms with Crippen LogP contribution < -0.4 is 9.62 Å². The van der Waals surface area contributed by atoms with E-state index in [1.165, 1.54) is 21.3 Å². The minimum Gasteiger partial charge on any atom is -0.355 e. The molecule has 0 aromatic heterocycles. The van der Waals surface area contributed by atoms with Crippen molar-refractivity contribution in [3.05, 3.63) is 65.0 Å². The number of rotatable bonds is 11. The molecule has 0 unspecified atom stereocenters. The van der Waals surface area contributed by atoms with E-state index in [1.807, 2.05) is 26.0 Å². The molecule has 2 amide bonds. The molecule has 0 spiro atoms. The molecule has 34 heavy (non-hydrogen) atoms. The Labute approximate surface area is 202 Å². The van der Waals surface area contributed by atoms with Crippen LogP contribution in [0.2, 0.25) is 0 Å². The molecule has 9 heteroatoms. The molecule has 7 nitrogen and oxygen atoms in total. The van der Waals surface area contributed by atoms with Gasteiger partial charge in [0.05, 0.1) is 11.9 Å². The summed E-state index contributed by atoms with van der Waals surface area (Å²) >= 11 is 0. The Morgan fingerprint density at radius 2 is 1.71 bits per heavy atom. The van der Waals surface area contributed by atoms with Crippen molar-refractivity contribution < 1.29 is 22.4 Å². The summed E-state index contributed by atoms with van der Waals surface area (Å²) in [5.74, 6) is -0.951. The molecule has 0 aliphatic carbocycles. The SMILES string of the molecule is CCNC(=O)[C@H](C)N(Cc1ccc(F)cc1)C(=O)CCCN(c1ccc(C)c(C)c1)S(C)(=O)=O. The number of nitrogens with one attached hydrogen (secondary N) is 1. The monoisotopic (exact) mass is 491 g/mol. The summed E-state index contributed by atoms with van der Waals surface area (Å²) in [6.45, 7) is 8.01. The molecule has 0 aliphatic heterocycles. The van der Waals surface area contributed by atoms with Crippen molar-refractivity contribution in [1.29, 1.82) is 0 Å². The van der Waals surface area contributed by atoms with E-state index in [0.717, 1.165) is 17.4 Å². The molecule has 0 fully saturated rings. The van der Waals surface area contributed by atoms with E-state index in [1.54, 1.807) is 32.0 Å². The minimum absolute atomic E-state index is 0.0573. The van der Waals surface area contributed by atoms with Crippen molar-refractivity contribution in [3.63, 3.8) is 0 Å². The lowest BCUT2D eigenvalue weighted by Gasteiger charge is -2.29. The summed E-state index contributed by atoms with van der Waals surface area (Å²) in [5, 5.41) is 2.72. The Morgan fingerprint density at radius 3 is 2.26 bits per heavy atom. The summed E-state index contributed by atoms with van der Waals surface area (Å²) in [4.78, 5) is 27.0. The second-order valence-electron chi connectivity index (χ2n) is 8.43.